The van der Waals surface area contributed by atoms with Gasteiger partial charge >= 0.3 is 0 Å². The number of sulfonamides is 1. The minimum Gasteiger partial charge on any atom is -0.301 e. The van der Waals surface area contributed by atoms with Crippen molar-refractivity contribution in [2.75, 3.05) is 16.7 Å². The van der Waals surface area contributed by atoms with Gasteiger partial charge in [-0.2, -0.15) is 8.42 Å². The van der Waals surface area contributed by atoms with Gasteiger partial charge in [-0.05, 0) is 0 Å². The van der Waals surface area contributed by atoms with Crippen LogP contribution in [0.3, 0.4) is 0 Å². The number of nitrogens with one attached hydrogen (secondary N) is 1. The predicted molar refractivity (Wildman–Crippen MR) is 71.9 cm³/mol. The molecule has 0 saturated carbocycles. The summed E-state index contributed by atoms with van der Waals surface area (Å²) >= 11 is 1.98. The van der Waals surface area contributed by atoms with Crippen LogP contribution in [0.5, 0.6) is 0 Å². The fourth-order valence-corrected chi connectivity index (χ4v) is 4.19. The number of rotatable bonds is 4. The highest BCUT2D eigenvalue weighted by Gasteiger charge is 2.27. The number of nitrogens with zero attached hydrogens (tertiary/aromatic N) is 4. The average Bonchev–Trinajstić information content (AvgIpc) is 2.96. The lowest BCUT2D eigenvalue weighted by atomic mass is 10.7. The molecule has 0 radical (unpaired) electrons. The molecule has 0 aliphatic heterocycles. The molecule has 0 aliphatic rings. The van der Waals surface area contributed by atoms with E-state index in [9.17, 15) is 13.2 Å². The second-order valence-corrected chi connectivity index (χ2v) is 7.34. The van der Waals surface area contributed by atoms with Gasteiger partial charge in [0.15, 0.2) is 5.13 Å². The van der Waals surface area contributed by atoms with Crippen LogP contribution in [0, 0.1) is 0 Å². The number of aromatic nitrogens is 3. The van der Waals surface area contributed by atoms with Crippen molar-refractivity contribution in [2.45, 2.75) is 11.3 Å². The Bertz CT molecular complexity index is 678. The molecule has 0 bridgehead atoms. The van der Waals surface area contributed by atoms with Crippen LogP contribution in [0.4, 0.5) is 10.3 Å². The van der Waals surface area contributed by atoms with Gasteiger partial charge in [-0.1, -0.05) is 11.3 Å². The third-order valence-corrected chi connectivity index (χ3v) is 5.85. The van der Waals surface area contributed by atoms with Crippen LogP contribution in [0.1, 0.15) is 6.92 Å². The smallest absolute Gasteiger partial charge is 0.295 e. The molecule has 0 atom stereocenters. The number of carbonyl (C=O) groups is 1. The van der Waals surface area contributed by atoms with Crippen LogP contribution in [0.2, 0.25) is 0 Å². The molecule has 2 heterocycles. The number of anilines is 2. The zero-order valence-electron chi connectivity index (χ0n) is 9.89. The quantitative estimate of drug-likeness (QED) is 0.835. The van der Waals surface area contributed by atoms with Crippen LogP contribution in [-0.4, -0.2) is 36.6 Å². The number of amides is 1. The summed E-state index contributed by atoms with van der Waals surface area (Å²) in [6.07, 6.45) is 1.51. The Hall–Kier alpha value is -1.59. The lowest BCUT2D eigenvalue weighted by Crippen LogP contribution is -2.26. The molecule has 1 N–H and O–H groups in total. The SMILES string of the molecule is CC(=O)Nc1nnc(S(=O)(=O)N(C)c2nccs2)s1. The molecule has 0 fully saturated rings. The maximum atomic E-state index is 12.2. The highest BCUT2D eigenvalue weighted by atomic mass is 32.2. The van der Waals surface area contributed by atoms with Gasteiger partial charge in [-0.15, -0.1) is 21.5 Å². The van der Waals surface area contributed by atoms with Gasteiger partial charge in [0.25, 0.3) is 14.4 Å². The summed E-state index contributed by atoms with van der Waals surface area (Å²) in [5.74, 6) is -0.339. The van der Waals surface area contributed by atoms with E-state index in [1.54, 1.807) is 5.38 Å². The molecular formula is C8H9N5O3S3. The molecule has 0 saturated heterocycles. The van der Waals surface area contributed by atoms with Crippen molar-refractivity contribution in [3.05, 3.63) is 11.6 Å². The Balaban J connectivity index is 2.29. The van der Waals surface area contributed by atoms with E-state index in [0.29, 0.717) is 5.13 Å². The van der Waals surface area contributed by atoms with E-state index in [-0.39, 0.29) is 15.4 Å². The molecule has 19 heavy (non-hydrogen) atoms. The lowest BCUT2D eigenvalue weighted by molar-refractivity contribution is -0.114. The van der Waals surface area contributed by atoms with E-state index in [1.165, 1.54) is 31.5 Å². The molecule has 1 amide bonds. The minimum atomic E-state index is -3.80. The van der Waals surface area contributed by atoms with Gasteiger partial charge in [0.1, 0.15) is 0 Å². The molecule has 2 aromatic rings. The molecule has 0 aliphatic carbocycles. The first-order chi connectivity index (χ1) is 8.91. The zero-order valence-corrected chi connectivity index (χ0v) is 12.3. The van der Waals surface area contributed by atoms with Crippen LogP contribution >= 0.6 is 22.7 Å². The summed E-state index contributed by atoms with van der Waals surface area (Å²) in [6, 6.07) is 0. The predicted octanol–water partition coefficient (Wildman–Crippen LogP) is 0.778. The summed E-state index contributed by atoms with van der Waals surface area (Å²) in [5.41, 5.74) is 0. The minimum absolute atomic E-state index is 0.138. The number of carbonyl (C=O) groups excluding carboxylic acids is 1. The average molecular weight is 319 g/mol. The Kier molecular flexibility index (Phi) is 3.78. The first kappa shape index (κ1) is 13.8. The van der Waals surface area contributed by atoms with E-state index in [0.717, 1.165) is 15.6 Å². The van der Waals surface area contributed by atoms with Crippen molar-refractivity contribution in [3.8, 4) is 0 Å². The van der Waals surface area contributed by atoms with Crippen LogP contribution in [0.25, 0.3) is 0 Å². The molecule has 8 nitrogen and oxygen atoms in total. The lowest BCUT2D eigenvalue weighted by Gasteiger charge is -2.13. The molecule has 0 aromatic carbocycles. The van der Waals surface area contributed by atoms with Crippen LogP contribution in [0.15, 0.2) is 15.9 Å². The summed E-state index contributed by atoms with van der Waals surface area (Å²) in [6.45, 7) is 1.30. The monoisotopic (exact) mass is 319 g/mol. The largest absolute Gasteiger partial charge is 0.301 e. The van der Waals surface area contributed by atoms with Gasteiger partial charge in [-0.25, -0.2) is 9.29 Å². The maximum absolute atomic E-state index is 12.2. The summed E-state index contributed by atoms with van der Waals surface area (Å²) in [4.78, 5) is 14.8. The fraction of sp³-hybridized carbons (Fsp3) is 0.250. The van der Waals surface area contributed by atoms with E-state index in [4.69, 9.17) is 0 Å². The van der Waals surface area contributed by atoms with Crippen molar-refractivity contribution in [1.29, 1.82) is 0 Å². The van der Waals surface area contributed by atoms with E-state index in [1.807, 2.05) is 0 Å². The topological polar surface area (TPSA) is 105 Å². The van der Waals surface area contributed by atoms with E-state index in [2.05, 4.69) is 20.5 Å². The van der Waals surface area contributed by atoms with Crippen molar-refractivity contribution < 1.29 is 13.2 Å². The molecule has 0 spiro atoms. The van der Waals surface area contributed by atoms with Crippen molar-refractivity contribution >= 4 is 48.9 Å². The highest BCUT2D eigenvalue weighted by molar-refractivity contribution is 7.94. The Morgan fingerprint density at radius 2 is 2.16 bits per heavy atom. The fourth-order valence-electron chi connectivity index (χ4n) is 1.11. The maximum Gasteiger partial charge on any atom is 0.295 e. The van der Waals surface area contributed by atoms with Crippen LogP contribution < -0.4 is 9.62 Å². The van der Waals surface area contributed by atoms with E-state index < -0.39 is 10.0 Å². The third kappa shape index (κ3) is 2.88. The van der Waals surface area contributed by atoms with Gasteiger partial charge < -0.3 is 5.32 Å². The second kappa shape index (κ2) is 5.19. The normalized spacial score (nSPS) is 11.3. The molecular weight excluding hydrogens is 310 g/mol. The second-order valence-electron chi connectivity index (χ2n) is 3.34. The molecule has 0 unspecified atom stereocenters. The summed E-state index contributed by atoms with van der Waals surface area (Å²) in [7, 11) is -2.42. The first-order valence-corrected chi connectivity index (χ1v) is 8.04. The van der Waals surface area contributed by atoms with Crippen molar-refractivity contribution in [1.82, 2.24) is 15.2 Å². The van der Waals surface area contributed by atoms with Crippen LogP contribution in [-0.2, 0) is 14.8 Å². The highest BCUT2D eigenvalue weighted by Crippen LogP contribution is 2.27. The number of hydrogen-bond acceptors (Lipinski definition) is 8. The van der Waals surface area contributed by atoms with Crippen molar-refractivity contribution in [2.24, 2.45) is 0 Å². The number of thiazole rings is 1. The third-order valence-electron chi connectivity index (χ3n) is 1.96. The molecule has 2 aromatic heterocycles. The molecule has 2 rings (SSSR count). The summed E-state index contributed by atoms with van der Waals surface area (Å²) < 4.78 is 25.3. The summed E-state index contributed by atoms with van der Waals surface area (Å²) in [5, 5.41) is 11.7. The van der Waals surface area contributed by atoms with Crippen molar-refractivity contribution in [3.63, 3.8) is 0 Å². The Labute approximate surface area is 117 Å². The standard InChI is InChI=1S/C8H9N5O3S3/c1-5(14)10-6-11-12-8(18-6)19(15,16)13(2)7-9-3-4-17-7/h3-4H,1-2H3,(H,10,11,14). The van der Waals surface area contributed by atoms with Gasteiger partial charge in [0.2, 0.25) is 11.0 Å². The number of hydrogen-bond donors (Lipinski definition) is 1. The molecule has 11 heteroatoms. The van der Waals surface area contributed by atoms with Gasteiger partial charge in [-0.3, -0.25) is 4.79 Å². The first-order valence-electron chi connectivity index (χ1n) is 4.91. The van der Waals surface area contributed by atoms with Gasteiger partial charge in [0, 0.05) is 25.5 Å². The zero-order chi connectivity index (χ0) is 14.0. The Morgan fingerprint density at radius 3 is 2.74 bits per heavy atom. The molecule has 102 valence electrons. The van der Waals surface area contributed by atoms with E-state index >= 15 is 0 Å². The van der Waals surface area contributed by atoms with Gasteiger partial charge in [0.05, 0.1) is 0 Å². The Morgan fingerprint density at radius 1 is 1.42 bits per heavy atom.